The maximum absolute atomic E-state index is 13.5. The van der Waals surface area contributed by atoms with Gasteiger partial charge < -0.3 is 14.8 Å². The molecule has 3 nitrogen and oxygen atoms in total. The van der Waals surface area contributed by atoms with E-state index in [-0.39, 0.29) is 5.57 Å². The number of anilines is 1. The van der Waals surface area contributed by atoms with Crippen molar-refractivity contribution in [3.63, 3.8) is 0 Å². The number of hydrogen-bond acceptors (Lipinski definition) is 3. The molecule has 0 saturated carbocycles. The number of nitrogens with zero attached hydrogens (tertiary/aromatic N) is 1. The first-order valence-corrected chi connectivity index (χ1v) is 7.38. The number of halogens is 2. The van der Waals surface area contributed by atoms with E-state index >= 15 is 0 Å². The van der Waals surface area contributed by atoms with Crippen LogP contribution >= 0.6 is 11.6 Å². The summed E-state index contributed by atoms with van der Waals surface area (Å²) in [6.45, 7) is 6.55. The number of fused-ring (bicyclic) bond motifs is 1. The third-order valence-electron chi connectivity index (χ3n) is 3.84. The Bertz CT molecular complexity index is 611. The quantitative estimate of drug-likeness (QED) is 0.806. The molecule has 1 aromatic carbocycles. The van der Waals surface area contributed by atoms with Crippen molar-refractivity contribution >= 4 is 28.8 Å². The van der Waals surface area contributed by atoms with Crippen molar-refractivity contribution < 1.29 is 14.3 Å². The van der Waals surface area contributed by atoms with Gasteiger partial charge in [0, 0.05) is 12.6 Å². The minimum absolute atomic E-state index is 0.0429. The van der Waals surface area contributed by atoms with E-state index in [0.717, 1.165) is 30.6 Å². The Morgan fingerprint density at radius 1 is 1.43 bits per heavy atom. The predicted molar refractivity (Wildman–Crippen MR) is 81.0 cm³/mol. The smallest absolute Gasteiger partial charge is 0.149 e. The lowest BCUT2D eigenvalue weighted by molar-refractivity contribution is -0.301. The summed E-state index contributed by atoms with van der Waals surface area (Å²) in [6, 6.07) is 3.77. The van der Waals surface area contributed by atoms with Gasteiger partial charge in [-0.1, -0.05) is 11.6 Å². The van der Waals surface area contributed by atoms with Gasteiger partial charge >= 0.3 is 0 Å². The van der Waals surface area contributed by atoms with E-state index in [1.165, 1.54) is 6.92 Å². The molecule has 0 aromatic heterocycles. The number of carbonyl (C=O) groups excluding carboxylic acids is 1. The Morgan fingerprint density at radius 3 is 2.67 bits per heavy atom. The van der Waals surface area contributed by atoms with Crippen LogP contribution in [-0.4, -0.2) is 18.6 Å². The highest BCUT2D eigenvalue weighted by Gasteiger charge is 2.23. The number of carboxylic acid groups (broad SMARTS) is 1. The van der Waals surface area contributed by atoms with Crippen LogP contribution in [0.3, 0.4) is 0 Å². The third-order valence-corrected chi connectivity index (χ3v) is 4.13. The molecule has 0 saturated heterocycles. The second-order valence-electron chi connectivity index (χ2n) is 5.58. The molecule has 1 aliphatic rings. The van der Waals surface area contributed by atoms with Gasteiger partial charge in [0.05, 0.1) is 10.7 Å². The molecular weight excluding hydrogens is 293 g/mol. The van der Waals surface area contributed by atoms with Crippen LogP contribution in [0.4, 0.5) is 10.1 Å². The van der Waals surface area contributed by atoms with Crippen LogP contribution in [0, 0.1) is 0 Å². The maximum Gasteiger partial charge on any atom is 0.149 e. The van der Waals surface area contributed by atoms with Gasteiger partial charge in [-0.3, -0.25) is 0 Å². The summed E-state index contributed by atoms with van der Waals surface area (Å²) in [5.41, 5.74) is 2.54. The molecule has 0 amide bonds. The van der Waals surface area contributed by atoms with Crippen LogP contribution in [0.15, 0.2) is 18.0 Å². The molecule has 2 rings (SSSR count). The molecule has 1 aliphatic heterocycles. The lowest BCUT2D eigenvalue weighted by Crippen LogP contribution is -2.35. The Labute approximate surface area is 129 Å². The van der Waals surface area contributed by atoms with E-state index in [2.05, 4.69) is 18.7 Å². The molecule has 1 heterocycles. The predicted octanol–water partition coefficient (Wildman–Crippen LogP) is 2.95. The number of hydrogen-bond donors (Lipinski definition) is 0. The van der Waals surface area contributed by atoms with Crippen molar-refractivity contribution in [3.8, 4) is 0 Å². The van der Waals surface area contributed by atoms with Gasteiger partial charge in [-0.2, -0.15) is 0 Å². The number of carbonyl (C=O) groups is 1. The first-order valence-electron chi connectivity index (χ1n) is 7.00. The minimum Gasteiger partial charge on any atom is -0.542 e. The van der Waals surface area contributed by atoms with Crippen molar-refractivity contribution in [2.75, 3.05) is 11.4 Å². The van der Waals surface area contributed by atoms with E-state index in [9.17, 15) is 14.3 Å². The lowest BCUT2D eigenvalue weighted by atomic mass is 9.95. The van der Waals surface area contributed by atoms with Crippen LogP contribution in [0.2, 0.25) is 5.02 Å². The van der Waals surface area contributed by atoms with Crippen molar-refractivity contribution in [1.29, 1.82) is 0 Å². The molecule has 0 aliphatic carbocycles. The van der Waals surface area contributed by atoms with Gasteiger partial charge in [0.25, 0.3) is 0 Å². The second kappa shape index (κ2) is 6.06. The molecular formula is C16H18ClFNO2-. The monoisotopic (exact) mass is 310 g/mol. The van der Waals surface area contributed by atoms with E-state index < -0.39 is 11.8 Å². The molecule has 0 bridgehead atoms. The van der Waals surface area contributed by atoms with Crippen LogP contribution in [0.25, 0.3) is 5.57 Å². The summed E-state index contributed by atoms with van der Waals surface area (Å²) in [7, 11) is 0. The third kappa shape index (κ3) is 3.05. The normalized spacial score (nSPS) is 15.8. The summed E-state index contributed by atoms with van der Waals surface area (Å²) in [5.74, 6) is -3.05. The molecule has 21 heavy (non-hydrogen) atoms. The second-order valence-corrected chi connectivity index (χ2v) is 5.99. The fourth-order valence-corrected chi connectivity index (χ4v) is 3.08. The SMILES string of the molecule is C/C(=C(\F)C(=O)[O-])c1cc(Cl)c2c(c1)CCCN2C(C)C. The van der Waals surface area contributed by atoms with E-state index in [4.69, 9.17) is 11.6 Å². The molecule has 1 aromatic rings. The molecule has 0 atom stereocenters. The Hall–Kier alpha value is -1.55. The highest BCUT2D eigenvalue weighted by Crippen LogP contribution is 2.38. The van der Waals surface area contributed by atoms with Crippen LogP contribution in [0.1, 0.15) is 38.3 Å². The van der Waals surface area contributed by atoms with Crippen molar-refractivity contribution in [3.05, 3.63) is 34.1 Å². The van der Waals surface area contributed by atoms with Gasteiger partial charge in [-0.25, -0.2) is 4.39 Å². The number of allylic oxidation sites excluding steroid dienone is 1. The Kier molecular flexibility index (Phi) is 4.57. The van der Waals surface area contributed by atoms with Gasteiger partial charge in [-0.05, 0) is 62.4 Å². The van der Waals surface area contributed by atoms with Gasteiger partial charge in [0.2, 0.25) is 0 Å². The Morgan fingerprint density at radius 2 is 2.10 bits per heavy atom. The summed E-state index contributed by atoms with van der Waals surface area (Å²) in [5, 5.41) is 11.2. The first-order chi connectivity index (χ1) is 9.82. The van der Waals surface area contributed by atoms with Gasteiger partial charge in [-0.15, -0.1) is 0 Å². The lowest BCUT2D eigenvalue weighted by Gasteiger charge is -2.35. The highest BCUT2D eigenvalue weighted by atomic mass is 35.5. The number of rotatable bonds is 3. The zero-order valence-electron chi connectivity index (χ0n) is 12.4. The minimum atomic E-state index is -1.80. The molecule has 0 radical (unpaired) electrons. The van der Waals surface area contributed by atoms with Crippen LogP contribution in [-0.2, 0) is 11.2 Å². The topological polar surface area (TPSA) is 43.4 Å². The maximum atomic E-state index is 13.5. The molecule has 5 heteroatoms. The van der Waals surface area contributed by atoms with E-state index in [1.807, 2.05) is 6.07 Å². The zero-order chi connectivity index (χ0) is 15.7. The van der Waals surface area contributed by atoms with E-state index in [0.29, 0.717) is 16.6 Å². The zero-order valence-corrected chi connectivity index (χ0v) is 13.1. The summed E-state index contributed by atoms with van der Waals surface area (Å²) < 4.78 is 13.5. The average Bonchev–Trinajstić information content (AvgIpc) is 2.44. The average molecular weight is 311 g/mol. The molecule has 0 unspecified atom stereocenters. The van der Waals surface area contributed by atoms with E-state index in [1.54, 1.807) is 6.07 Å². The van der Waals surface area contributed by atoms with Gasteiger partial charge in [0.1, 0.15) is 11.8 Å². The van der Waals surface area contributed by atoms with Crippen molar-refractivity contribution in [1.82, 2.24) is 0 Å². The summed E-state index contributed by atoms with van der Waals surface area (Å²) >= 11 is 6.36. The van der Waals surface area contributed by atoms with Crippen molar-refractivity contribution in [2.45, 2.75) is 39.7 Å². The summed E-state index contributed by atoms with van der Waals surface area (Å²) in [4.78, 5) is 12.9. The van der Waals surface area contributed by atoms with Crippen LogP contribution < -0.4 is 10.0 Å². The number of carboxylic acids is 1. The summed E-state index contributed by atoms with van der Waals surface area (Å²) in [6.07, 6.45) is 1.85. The fraction of sp³-hybridized carbons (Fsp3) is 0.438. The van der Waals surface area contributed by atoms with Gasteiger partial charge in [0.15, 0.2) is 0 Å². The fourth-order valence-electron chi connectivity index (χ4n) is 2.73. The molecule has 0 fully saturated rings. The Balaban J connectivity index is 2.54. The number of benzene rings is 1. The number of aliphatic carboxylic acids is 1. The van der Waals surface area contributed by atoms with Crippen molar-refractivity contribution in [2.24, 2.45) is 0 Å². The molecule has 0 spiro atoms. The largest absolute Gasteiger partial charge is 0.542 e. The van der Waals surface area contributed by atoms with Crippen LogP contribution in [0.5, 0.6) is 0 Å². The number of aryl methyl sites for hydroxylation is 1. The standard InChI is InChI=1S/C16H19ClFNO2/c1-9(2)19-6-4-5-11-7-12(8-13(17)15(11)19)10(3)14(18)16(20)21/h7-9H,4-6H2,1-3H3,(H,20,21)/p-1/b14-10+. The molecule has 0 N–H and O–H groups in total. The molecule has 114 valence electrons. The first kappa shape index (κ1) is 15.8. The highest BCUT2D eigenvalue weighted by molar-refractivity contribution is 6.33.